The standard InChI is InChI=1S/C14H15F5OS/c15-10-14(18,19)7-6-13(16,17)8-9-21-12(20)11-4-2-1-3-5-11/h1-5H,6-10H2. The van der Waals surface area contributed by atoms with Crippen molar-refractivity contribution in [3.63, 3.8) is 0 Å². The van der Waals surface area contributed by atoms with Crippen molar-refractivity contribution < 1.29 is 26.7 Å². The fourth-order valence-electron chi connectivity index (χ4n) is 1.51. The molecule has 0 heterocycles. The third kappa shape index (κ3) is 6.93. The van der Waals surface area contributed by atoms with Gasteiger partial charge < -0.3 is 0 Å². The van der Waals surface area contributed by atoms with Gasteiger partial charge in [0.15, 0.2) is 6.67 Å². The Kier molecular flexibility index (Phi) is 6.64. The molecule has 1 rings (SSSR count). The molecule has 0 bridgehead atoms. The molecule has 118 valence electrons. The van der Waals surface area contributed by atoms with Gasteiger partial charge in [-0.1, -0.05) is 42.1 Å². The van der Waals surface area contributed by atoms with Gasteiger partial charge in [0.2, 0.25) is 11.0 Å². The molecule has 1 aromatic carbocycles. The lowest BCUT2D eigenvalue weighted by Gasteiger charge is -2.19. The molecule has 1 nitrogen and oxygen atoms in total. The second-order valence-electron chi connectivity index (χ2n) is 4.60. The van der Waals surface area contributed by atoms with Crippen LogP contribution in [0.4, 0.5) is 22.0 Å². The number of rotatable bonds is 8. The first-order valence-corrected chi connectivity index (χ1v) is 7.28. The fraction of sp³-hybridized carbons (Fsp3) is 0.500. The molecule has 7 heteroatoms. The average molecular weight is 326 g/mol. The monoisotopic (exact) mass is 326 g/mol. The molecule has 0 N–H and O–H groups in total. The summed E-state index contributed by atoms with van der Waals surface area (Å²) in [6.07, 6.45) is -2.99. The Labute approximate surface area is 123 Å². The predicted molar refractivity (Wildman–Crippen MR) is 73.0 cm³/mol. The molecule has 0 saturated carbocycles. The zero-order valence-electron chi connectivity index (χ0n) is 11.1. The minimum absolute atomic E-state index is 0.179. The minimum atomic E-state index is -3.71. The Morgan fingerprint density at radius 2 is 1.52 bits per heavy atom. The van der Waals surface area contributed by atoms with Crippen LogP contribution in [0.25, 0.3) is 0 Å². The normalized spacial score (nSPS) is 12.4. The number of halogens is 5. The lowest BCUT2D eigenvalue weighted by molar-refractivity contribution is -0.0737. The van der Waals surface area contributed by atoms with E-state index >= 15 is 0 Å². The van der Waals surface area contributed by atoms with E-state index in [0.29, 0.717) is 17.3 Å². The van der Waals surface area contributed by atoms with Crippen molar-refractivity contribution in [3.8, 4) is 0 Å². The van der Waals surface area contributed by atoms with Crippen LogP contribution in [0.2, 0.25) is 0 Å². The summed E-state index contributed by atoms with van der Waals surface area (Å²) in [7, 11) is 0. The number of carbonyl (C=O) groups is 1. The van der Waals surface area contributed by atoms with Crippen molar-refractivity contribution in [3.05, 3.63) is 35.9 Å². The van der Waals surface area contributed by atoms with Crippen molar-refractivity contribution in [2.24, 2.45) is 0 Å². The fourth-order valence-corrected chi connectivity index (χ4v) is 2.40. The van der Waals surface area contributed by atoms with Crippen LogP contribution >= 0.6 is 11.8 Å². The number of benzene rings is 1. The summed E-state index contributed by atoms with van der Waals surface area (Å²) in [5.74, 6) is -7.22. The Morgan fingerprint density at radius 3 is 2.10 bits per heavy atom. The van der Waals surface area contributed by atoms with E-state index in [1.165, 1.54) is 0 Å². The summed E-state index contributed by atoms with van der Waals surface area (Å²) < 4.78 is 63.7. The van der Waals surface area contributed by atoms with E-state index in [4.69, 9.17) is 0 Å². The van der Waals surface area contributed by atoms with Crippen LogP contribution < -0.4 is 0 Å². The summed E-state index contributed by atoms with van der Waals surface area (Å²) in [6, 6.07) is 8.16. The van der Waals surface area contributed by atoms with E-state index in [1.54, 1.807) is 30.3 Å². The summed E-state index contributed by atoms with van der Waals surface area (Å²) in [4.78, 5) is 11.6. The quantitative estimate of drug-likeness (QED) is 0.627. The topological polar surface area (TPSA) is 17.1 Å². The molecular weight excluding hydrogens is 311 g/mol. The van der Waals surface area contributed by atoms with Crippen LogP contribution in [-0.2, 0) is 0 Å². The molecule has 0 aliphatic rings. The van der Waals surface area contributed by atoms with Gasteiger partial charge in [-0.2, -0.15) is 0 Å². The average Bonchev–Trinajstić information content (AvgIpc) is 2.46. The predicted octanol–water partition coefficient (Wildman–Crippen LogP) is 4.97. The third-order valence-electron chi connectivity index (χ3n) is 2.76. The highest BCUT2D eigenvalue weighted by atomic mass is 32.2. The van der Waals surface area contributed by atoms with E-state index in [9.17, 15) is 26.7 Å². The molecule has 0 amide bonds. The van der Waals surface area contributed by atoms with Gasteiger partial charge in [0, 0.05) is 30.6 Å². The number of hydrogen-bond acceptors (Lipinski definition) is 2. The molecule has 0 aliphatic heterocycles. The molecular formula is C14H15F5OS. The third-order valence-corrected chi connectivity index (χ3v) is 3.67. The van der Waals surface area contributed by atoms with E-state index in [2.05, 4.69) is 0 Å². The smallest absolute Gasteiger partial charge is 0.276 e. The van der Waals surface area contributed by atoms with Crippen molar-refractivity contribution >= 4 is 16.9 Å². The van der Waals surface area contributed by atoms with Gasteiger partial charge in [0.1, 0.15) is 0 Å². The summed E-state index contributed by atoms with van der Waals surface area (Å²) in [6.45, 7) is -1.94. The van der Waals surface area contributed by atoms with E-state index < -0.39 is 37.8 Å². The molecule has 0 radical (unpaired) electrons. The van der Waals surface area contributed by atoms with Gasteiger partial charge in [-0.3, -0.25) is 4.79 Å². The van der Waals surface area contributed by atoms with Crippen LogP contribution in [0.15, 0.2) is 30.3 Å². The Bertz CT molecular complexity index is 450. The molecule has 0 fully saturated rings. The first-order chi connectivity index (χ1) is 9.76. The molecule has 0 aliphatic carbocycles. The number of hydrogen-bond donors (Lipinski definition) is 0. The van der Waals surface area contributed by atoms with Crippen LogP contribution in [0.5, 0.6) is 0 Å². The second-order valence-corrected chi connectivity index (χ2v) is 5.67. The van der Waals surface area contributed by atoms with Crippen molar-refractivity contribution in [2.45, 2.75) is 31.1 Å². The highest BCUT2D eigenvalue weighted by Gasteiger charge is 2.36. The first kappa shape index (κ1) is 17.9. The molecule has 21 heavy (non-hydrogen) atoms. The molecule has 0 unspecified atom stereocenters. The largest absolute Gasteiger partial charge is 0.282 e. The maximum absolute atomic E-state index is 13.4. The van der Waals surface area contributed by atoms with Crippen molar-refractivity contribution in [1.82, 2.24) is 0 Å². The maximum Gasteiger partial charge on any atom is 0.276 e. The Balaban J connectivity index is 2.35. The Hall–Kier alpha value is -1.11. The van der Waals surface area contributed by atoms with Crippen LogP contribution in [0.3, 0.4) is 0 Å². The SMILES string of the molecule is O=C(SCCC(F)(F)CCC(F)(F)CF)c1ccccc1. The van der Waals surface area contributed by atoms with Crippen molar-refractivity contribution in [1.29, 1.82) is 0 Å². The summed E-state index contributed by atoms with van der Waals surface area (Å²) in [5, 5.41) is -0.347. The summed E-state index contributed by atoms with van der Waals surface area (Å²) >= 11 is 0.715. The lowest BCUT2D eigenvalue weighted by atomic mass is 10.1. The minimum Gasteiger partial charge on any atom is -0.282 e. The first-order valence-electron chi connectivity index (χ1n) is 6.30. The van der Waals surface area contributed by atoms with Crippen LogP contribution in [0.1, 0.15) is 29.6 Å². The van der Waals surface area contributed by atoms with E-state index in [-0.39, 0.29) is 10.9 Å². The Morgan fingerprint density at radius 1 is 0.952 bits per heavy atom. The van der Waals surface area contributed by atoms with Gasteiger partial charge in [-0.05, 0) is 0 Å². The number of carbonyl (C=O) groups excluding carboxylic acids is 1. The summed E-state index contributed by atoms with van der Waals surface area (Å²) in [5.41, 5.74) is 0.398. The number of alkyl halides is 5. The highest BCUT2D eigenvalue weighted by Crippen LogP contribution is 2.32. The lowest BCUT2D eigenvalue weighted by Crippen LogP contribution is -2.25. The second kappa shape index (κ2) is 7.77. The molecule has 0 atom stereocenters. The van der Waals surface area contributed by atoms with Gasteiger partial charge in [0.05, 0.1) is 0 Å². The highest BCUT2D eigenvalue weighted by molar-refractivity contribution is 8.14. The van der Waals surface area contributed by atoms with Crippen LogP contribution in [0, 0.1) is 0 Å². The van der Waals surface area contributed by atoms with Gasteiger partial charge in [0.25, 0.3) is 5.92 Å². The van der Waals surface area contributed by atoms with E-state index in [1.807, 2.05) is 0 Å². The molecule has 0 saturated heterocycles. The van der Waals surface area contributed by atoms with Gasteiger partial charge in [-0.25, -0.2) is 22.0 Å². The zero-order chi connectivity index (χ0) is 15.9. The van der Waals surface area contributed by atoms with Crippen molar-refractivity contribution in [2.75, 3.05) is 12.4 Å². The molecule has 0 aromatic heterocycles. The molecule has 1 aromatic rings. The molecule has 0 spiro atoms. The number of thioether (sulfide) groups is 1. The maximum atomic E-state index is 13.4. The van der Waals surface area contributed by atoms with Gasteiger partial charge >= 0.3 is 0 Å². The van der Waals surface area contributed by atoms with Gasteiger partial charge in [-0.15, -0.1) is 0 Å². The van der Waals surface area contributed by atoms with E-state index in [0.717, 1.165) is 0 Å². The zero-order valence-corrected chi connectivity index (χ0v) is 11.9. The van der Waals surface area contributed by atoms with Crippen LogP contribution in [-0.4, -0.2) is 29.4 Å².